The SMILES string of the molecule is Fc1cc(-c2nc(Cl)c(Br)c(Cl)n2)ccc1Br. The Morgan fingerprint density at radius 1 is 1.06 bits per heavy atom. The van der Waals surface area contributed by atoms with Gasteiger partial charge < -0.3 is 0 Å². The maximum atomic E-state index is 13.4. The second-order valence-electron chi connectivity index (χ2n) is 3.07. The van der Waals surface area contributed by atoms with Crippen LogP contribution in [0, 0.1) is 5.82 Å². The van der Waals surface area contributed by atoms with E-state index < -0.39 is 5.82 Å². The molecule has 0 N–H and O–H groups in total. The van der Waals surface area contributed by atoms with Crippen LogP contribution in [0.3, 0.4) is 0 Å². The van der Waals surface area contributed by atoms with Crippen molar-refractivity contribution in [3.05, 3.63) is 43.3 Å². The third-order valence-electron chi connectivity index (χ3n) is 1.95. The fraction of sp³-hybridized carbons (Fsp3) is 0. The van der Waals surface area contributed by atoms with Crippen LogP contribution < -0.4 is 0 Å². The summed E-state index contributed by atoms with van der Waals surface area (Å²) in [6, 6.07) is 4.54. The van der Waals surface area contributed by atoms with Crippen molar-refractivity contribution in [1.29, 1.82) is 0 Å². The van der Waals surface area contributed by atoms with Gasteiger partial charge in [0.1, 0.15) is 16.1 Å². The molecule has 0 unspecified atom stereocenters. The van der Waals surface area contributed by atoms with Crippen LogP contribution in [0.2, 0.25) is 10.3 Å². The Balaban J connectivity index is 2.57. The van der Waals surface area contributed by atoms with Gasteiger partial charge in [0.05, 0.1) is 8.95 Å². The molecule has 0 aliphatic heterocycles. The lowest BCUT2D eigenvalue weighted by Crippen LogP contribution is -1.92. The summed E-state index contributed by atoms with van der Waals surface area (Å²) in [7, 11) is 0. The molecule has 0 saturated carbocycles. The second kappa shape index (κ2) is 5.18. The van der Waals surface area contributed by atoms with Crippen molar-refractivity contribution in [2.45, 2.75) is 0 Å². The monoisotopic (exact) mass is 398 g/mol. The van der Waals surface area contributed by atoms with E-state index in [1.165, 1.54) is 6.07 Å². The highest BCUT2D eigenvalue weighted by Gasteiger charge is 2.11. The van der Waals surface area contributed by atoms with Crippen LogP contribution >= 0.6 is 55.1 Å². The van der Waals surface area contributed by atoms with E-state index in [2.05, 4.69) is 41.8 Å². The normalized spacial score (nSPS) is 10.6. The van der Waals surface area contributed by atoms with Crippen LogP contribution in [0.5, 0.6) is 0 Å². The molecule has 1 aromatic heterocycles. The molecular weight excluding hydrogens is 398 g/mol. The number of nitrogens with zero attached hydrogens (tertiary/aromatic N) is 2. The van der Waals surface area contributed by atoms with Crippen molar-refractivity contribution in [2.75, 3.05) is 0 Å². The lowest BCUT2D eigenvalue weighted by molar-refractivity contribution is 0.621. The van der Waals surface area contributed by atoms with Crippen molar-refractivity contribution in [1.82, 2.24) is 9.97 Å². The summed E-state index contributed by atoms with van der Waals surface area (Å²) in [5.41, 5.74) is 0.502. The zero-order valence-electron chi connectivity index (χ0n) is 8.02. The van der Waals surface area contributed by atoms with Crippen molar-refractivity contribution >= 4 is 55.1 Å². The largest absolute Gasteiger partial charge is 0.215 e. The van der Waals surface area contributed by atoms with Gasteiger partial charge in [-0.05, 0) is 50.1 Å². The first kappa shape index (κ1) is 13.2. The predicted octanol–water partition coefficient (Wildman–Crippen LogP) is 5.11. The quantitative estimate of drug-likeness (QED) is 0.621. The van der Waals surface area contributed by atoms with Crippen LogP contribution in [0.25, 0.3) is 11.4 Å². The van der Waals surface area contributed by atoms with Gasteiger partial charge >= 0.3 is 0 Å². The molecule has 2 rings (SSSR count). The molecule has 17 heavy (non-hydrogen) atoms. The summed E-state index contributed by atoms with van der Waals surface area (Å²) in [5, 5.41) is 0.367. The Morgan fingerprint density at radius 3 is 2.18 bits per heavy atom. The summed E-state index contributed by atoms with van der Waals surface area (Å²) in [6.07, 6.45) is 0. The Kier molecular flexibility index (Phi) is 4.02. The van der Waals surface area contributed by atoms with E-state index in [0.29, 0.717) is 14.5 Å². The van der Waals surface area contributed by atoms with Crippen LogP contribution in [-0.2, 0) is 0 Å². The molecule has 0 amide bonds. The molecule has 0 atom stereocenters. The zero-order chi connectivity index (χ0) is 12.6. The molecular formula is C10H3Br2Cl2FN2. The van der Waals surface area contributed by atoms with Crippen molar-refractivity contribution in [2.24, 2.45) is 0 Å². The fourth-order valence-corrected chi connectivity index (χ4v) is 1.97. The molecule has 7 heteroatoms. The van der Waals surface area contributed by atoms with Gasteiger partial charge in [0.25, 0.3) is 0 Å². The average molecular weight is 401 g/mol. The Morgan fingerprint density at radius 2 is 1.65 bits per heavy atom. The molecule has 0 bridgehead atoms. The number of benzene rings is 1. The van der Waals surface area contributed by atoms with E-state index in [1.54, 1.807) is 12.1 Å². The first-order valence-electron chi connectivity index (χ1n) is 4.33. The molecule has 1 aromatic carbocycles. The van der Waals surface area contributed by atoms with Crippen LogP contribution in [0.1, 0.15) is 0 Å². The van der Waals surface area contributed by atoms with Gasteiger partial charge in [-0.3, -0.25) is 0 Å². The zero-order valence-corrected chi connectivity index (χ0v) is 12.7. The summed E-state index contributed by atoms with van der Waals surface area (Å²) in [5.74, 6) is -0.129. The molecule has 0 radical (unpaired) electrons. The highest BCUT2D eigenvalue weighted by Crippen LogP contribution is 2.30. The van der Waals surface area contributed by atoms with Crippen molar-refractivity contribution < 1.29 is 4.39 Å². The van der Waals surface area contributed by atoms with Gasteiger partial charge in [0, 0.05) is 5.56 Å². The molecule has 0 saturated heterocycles. The van der Waals surface area contributed by atoms with Crippen LogP contribution in [-0.4, -0.2) is 9.97 Å². The number of hydrogen-bond acceptors (Lipinski definition) is 2. The Bertz CT molecular complexity index is 570. The third-order valence-corrected chi connectivity index (χ3v) is 4.35. The first-order valence-corrected chi connectivity index (χ1v) is 6.67. The van der Waals surface area contributed by atoms with Crippen molar-refractivity contribution in [3.63, 3.8) is 0 Å². The summed E-state index contributed by atoms with van der Waals surface area (Å²) in [4.78, 5) is 8.03. The topological polar surface area (TPSA) is 25.8 Å². The first-order chi connectivity index (χ1) is 7.99. The number of aromatic nitrogens is 2. The third kappa shape index (κ3) is 2.78. The van der Waals surface area contributed by atoms with E-state index in [9.17, 15) is 4.39 Å². The smallest absolute Gasteiger partial charge is 0.162 e. The number of rotatable bonds is 1. The molecule has 2 aromatic rings. The van der Waals surface area contributed by atoms with E-state index in [-0.39, 0.29) is 16.1 Å². The molecule has 0 fully saturated rings. The minimum absolute atomic E-state index is 0.184. The van der Waals surface area contributed by atoms with E-state index >= 15 is 0 Å². The molecule has 0 spiro atoms. The van der Waals surface area contributed by atoms with Gasteiger partial charge in [-0.2, -0.15) is 0 Å². The molecule has 0 aliphatic carbocycles. The fourth-order valence-electron chi connectivity index (χ4n) is 1.16. The summed E-state index contributed by atoms with van der Waals surface area (Å²) in [6.45, 7) is 0. The minimum atomic E-state index is -0.402. The van der Waals surface area contributed by atoms with Gasteiger partial charge in [0.15, 0.2) is 5.82 Å². The number of halogens is 5. The van der Waals surface area contributed by atoms with Crippen molar-refractivity contribution in [3.8, 4) is 11.4 Å². The van der Waals surface area contributed by atoms with Gasteiger partial charge in [-0.1, -0.05) is 23.2 Å². The van der Waals surface area contributed by atoms with E-state index in [4.69, 9.17) is 23.2 Å². The second-order valence-corrected chi connectivity index (χ2v) is 5.44. The highest BCUT2D eigenvalue weighted by atomic mass is 79.9. The summed E-state index contributed by atoms with van der Waals surface area (Å²) < 4.78 is 14.2. The van der Waals surface area contributed by atoms with Crippen LogP contribution in [0.4, 0.5) is 4.39 Å². The van der Waals surface area contributed by atoms with Gasteiger partial charge in [0.2, 0.25) is 0 Å². The summed E-state index contributed by atoms with van der Waals surface area (Å²) >= 11 is 17.9. The molecule has 0 aliphatic rings. The Labute approximate surface area is 123 Å². The lowest BCUT2D eigenvalue weighted by Gasteiger charge is -2.04. The van der Waals surface area contributed by atoms with Crippen LogP contribution in [0.15, 0.2) is 27.1 Å². The lowest BCUT2D eigenvalue weighted by atomic mass is 10.2. The molecule has 88 valence electrons. The standard InChI is InChI=1S/C10H3Br2Cl2FN2/c11-5-2-1-4(3-6(5)15)10-16-8(13)7(12)9(14)17-10/h1-3H. The Hall–Kier alpha value is -0.230. The molecule has 1 heterocycles. The maximum Gasteiger partial charge on any atom is 0.162 e. The van der Waals surface area contributed by atoms with Gasteiger partial charge in [-0.25, -0.2) is 14.4 Å². The predicted molar refractivity (Wildman–Crippen MR) is 72.8 cm³/mol. The average Bonchev–Trinajstić information content (AvgIpc) is 2.29. The minimum Gasteiger partial charge on any atom is -0.215 e. The maximum absolute atomic E-state index is 13.4. The molecule has 2 nitrogen and oxygen atoms in total. The van der Waals surface area contributed by atoms with E-state index in [1.807, 2.05) is 0 Å². The van der Waals surface area contributed by atoms with E-state index in [0.717, 1.165) is 0 Å². The highest BCUT2D eigenvalue weighted by molar-refractivity contribution is 9.10. The van der Waals surface area contributed by atoms with Gasteiger partial charge in [-0.15, -0.1) is 0 Å². The number of hydrogen-bond donors (Lipinski definition) is 0.